The van der Waals surface area contributed by atoms with Gasteiger partial charge in [0.15, 0.2) is 0 Å². The molecule has 0 spiro atoms. The van der Waals surface area contributed by atoms with E-state index in [1.54, 1.807) is 36.5 Å². The number of benzene rings is 1. The number of pyridine rings is 1. The molecular formula is C18H18N6O3. The molecule has 27 heavy (non-hydrogen) atoms. The number of ether oxygens (including phenoxy) is 1. The quantitative estimate of drug-likeness (QED) is 0.477. The van der Waals surface area contributed by atoms with E-state index in [-0.39, 0.29) is 17.3 Å². The van der Waals surface area contributed by atoms with Gasteiger partial charge in [0.2, 0.25) is 11.6 Å². The van der Waals surface area contributed by atoms with Crippen molar-refractivity contribution < 1.29 is 9.66 Å². The Morgan fingerprint density at radius 1 is 1.04 bits per heavy atom. The van der Waals surface area contributed by atoms with Gasteiger partial charge in [-0.3, -0.25) is 10.1 Å². The van der Waals surface area contributed by atoms with Crippen LogP contribution in [0.5, 0.6) is 5.75 Å². The first kappa shape index (κ1) is 18.1. The Morgan fingerprint density at radius 3 is 2.37 bits per heavy atom. The summed E-state index contributed by atoms with van der Waals surface area (Å²) in [6, 6.07) is 10.7. The van der Waals surface area contributed by atoms with Crippen molar-refractivity contribution in [1.29, 1.82) is 0 Å². The summed E-state index contributed by atoms with van der Waals surface area (Å²) in [7, 11) is 0. The largest absolute Gasteiger partial charge is 0.494 e. The maximum absolute atomic E-state index is 11.7. The fraction of sp³-hybridized carbons (Fsp3) is 0.167. The molecule has 2 N–H and O–H groups in total. The minimum Gasteiger partial charge on any atom is -0.494 e. The molecule has 9 heteroatoms. The molecule has 0 bridgehead atoms. The van der Waals surface area contributed by atoms with Gasteiger partial charge in [-0.2, -0.15) is 0 Å². The highest BCUT2D eigenvalue weighted by Gasteiger charge is 2.24. The SMILES string of the molecule is CCOc1ccc(Nc2ncnc(Nc3ncccc3C)c2[N+](=O)[O-])cc1. The van der Waals surface area contributed by atoms with Gasteiger partial charge in [0.1, 0.15) is 17.9 Å². The van der Waals surface area contributed by atoms with E-state index in [1.165, 1.54) is 6.33 Å². The van der Waals surface area contributed by atoms with Crippen LogP contribution >= 0.6 is 0 Å². The van der Waals surface area contributed by atoms with Crippen LogP contribution < -0.4 is 15.4 Å². The first-order valence-corrected chi connectivity index (χ1v) is 8.26. The van der Waals surface area contributed by atoms with Crippen LogP contribution in [0.1, 0.15) is 12.5 Å². The zero-order chi connectivity index (χ0) is 19.2. The van der Waals surface area contributed by atoms with Gasteiger partial charge < -0.3 is 15.4 Å². The van der Waals surface area contributed by atoms with Crippen LogP contribution in [0.4, 0.5) is 28.8 Å². The zero-order valence-corrected chi connectivity index (χ0v) is 14.8. The minimum absolute atomic E-state index is 0.0604. The van der Waals surface area contributed by atoms with Gasteiger partial charge in [0, 0.05) is 11.9 Å². The van der Waals surface area contributed by atoms with Gasteiger partial charge in [0.05, 0.1) is 11.5 Å². The molecule has 0 atom stereocenters. The van der Waals surface area contributed by atoms with Crippen molar-refractivity contribution in [2.24, 2.45) is 0 Å². The standard InChI is InChI=1S/C18H18N6O3/c1-3-27-14-8-6-13(7-9-14)22-17-15(24(25)26)18(21-11-20-17)23-16-12(2)5-4-10-19-16/h4-11H,3H2,1-2H3,(H2,19,20,21,22,23). The van der Waals surface area contributed by atoms with Crippen molar-refractivity contribution in [2.45, 2.75) is 13.8 Å². The average Bonchev–Trinajstić information content (AvgIpc) is 2.65. The van der Waals surface area contributed by atoms with Gasteiger partial charge in [-0.1, -0.05) is 6.07 Å². The highest BCUT2D eigenvalue weighted by Crippen LogP contribution is 2.33. The molecule has 2 heterocycles. The molecule has 0 amide bonds. The van der Waals surface area contributed by atoms with E-state index in [4.69, 9.17) is 4.74 Å². The molecule has 138 valence electrons. The number of nitro groups is 1. The normalized spacial score (nSPS) is 10.3. The summed E-state index contributed by atoms with van der Waals surface area (Å²) in [6.45, 7) is 4.31. The highest BCUT2D eigenvalue weighted by molar-refractivity contribution is 5.76. The van der Waals surface area contributed by atoms with Gasteiger partial charge in [-0.15, -0.1) is 0 Å². The van der Waals surface area contributed by atoms with E-state index in [1.807, 2.05) is 19.9 Å². The maximum atomic E-state index is 11.7. The Labute approximate surface area is 155 Å². The van der Waals surface area contributed by atoms with E-state index in [0.717, 1.165) is 5.56 Å². The van der Waals surface area contributed by atoms with Crippen molar-refractivity contribution in [3.63, 3.8) is 0 Å². The Morgan fingerprint density at radius 2 is 1.74 bits per heavy atom. The van der Waals surface area contributed by atoms with Crippen molar-refractivity contribution in [3.05, 3.63) is 64.6 Å². The summed E-state index contributed by atoms with van der Waals surface area (Å²) in [5.74, 6) is 1.35. The number of nitrogens with one attached hydrogen (secondary N) is 2. The van der Waals surface area contributed by atoms with E-state index in [9.17, 15) is 10.1 Å². The van der Waals surface area contributed by atoms with Crippen molar-refractivity contribution in [2.75, 3.05) is 17.2 Å². The predicted octanol–water partition coefficient (Wildman–Crippen LogP) is 3.97. The average molecular weight is 366 g/mol. The second-order valence-electron chi connectivity index (χ2n) is 5.55. The van der Waals surface area contributed by atoms with Crippen molar-refractivity contribution in [3.8, 4) is 5.75 Å². The lowest BCUT2D eigenvalue weighted by Crippen LogP contribution is -2.06. The van der Waals surface area contributed by atoms with Crippen molar-refractivity contribution in [1.82, 2.24) is 15.0 Å². The topological polar surface area (TPSA) is 115 Å². The molecule has 0 saturated heterocycles. The van der Waals surface area contributed by atoms with Gasteiger partial charge in [0.25, 0.3) is 0 Å². The first-order chi connectivity index (χ1) is 13.1. The number of nitrogens with zero attached hydrogens (tertiary/aromatic N) is 4. The molecule has 3 aromatic rings. The highest BCUT2D eigenvalue weighted by atomic mass is 16.6. The third-order valence-electron chi connectivity index (χ3n) is 3.68. The van der Waals surface area contributed by atoms with Gasteiger partial charge in [-0.05, 0) is 49.7 Å². The Bertz CT molecular complexity index is 946. The fourth-order valence-electron chi connectivity index (χ4n) is 2.40. The molecule has 0 unspecified atom stereocenters. The summed E-state index contributed by atoms with van der Waals surface area (Å²) in [5, 5.41) is 17.5. The number of hydrogen-bond acceptors (Lipinski definition) is 8. The number of hydrogen-bond donors (Lipinski definition) is 2. The van der Waals surface area contributed by atoms with E-state index in [0.29, 0.717) is 23.9 Å². The first-order valence-electron chi connectivity index (χ1n) is 8.26. The fourth-order valence-corrected chi connectivity index (χ4v) is 2.40. The van der Waals surface area contributed by atoms with Crippen molar-refractivity contribution >= 4 is 28.8 Å². The molecule has 0 aliphatic rings. The second kappa shape index (κ2) is 8.09. The smallest absolute Gasteiger partial charge is 0.353 e. The van der Waals surface area contributed by atoms with Crippen LogP contribution in [0.15, 0.2) is 48.9 Å². The van der Waals surface area contributed by atoms with Crippen LogP contribution in [0.3, 0.4) is 0 Å². The molecule has 2 aromatic heterocycles. The maximum Gasteiger partial charge on any atom is 0.353 e. The lowest BCUT2D eigenvalue weighted by Gasteiger charge is -2.11. The van der Waals surface area contributed by atoms with E-state index in [2.05, 4.69) is 25.6 Å². The van der Waals surface area contributed by atoms with Crippen LogP contribution in [0, 0.1) is 17.0 Å². The van der Waals surface area contributed by atoms with Crippen LogP contribution in [0.25, 0.3) is 0 Å². The minimum atomic E-state index is -0.530. The summed E-state index contributed by atoms with van der Waals surface area (Å²) in [5.41, 5.74) is 1.21. The molecule has 9 nitrogen and oxygen atoms in total. The van der Waals surface area contributed by atoms with Gasteiger partial charge >= 0.3 is 5.69 Å². The zero-order valence-electron chi connectivity index (χ0n) is 14.8. The number of aryl methyl sites for hydroxylation is 1. The molecule has 0 radical (unpaired) electrons. The van der Waals surface area contributed by atoms with Crippen LogP contribution in [-0.2, 0) is 0 Å². The molecule has 0 fully saturated rings. The molecule has 1 aromatic carbocycles. The third kappa shape index (κ3) is 4.27. The van der Waals surface area contributed by atoms with E-state index >= 15 is 0 Å². The number of aromatic nitrogens is 3. The van der Waals surface area contributed by atoms with E-state index < -0.39 is 4.92 Å². The second-order valence-corrected chi connectivity index (χ2v) is 5.55. The molecule has 0 aliphatic heterocycles. The monoisotopic (exact) mass is 366 g/mol. The predicted molar refractivity (Wildman–Crippen MR) is 102 cm³/mol. The Kier molecular flexibility index (Phi) is 5.41. The lowest BCUT2D eigenvalue weighted by molar-refractivity contribution is -0.383. The Balaban J connectivity index is 1.91. The van der Waals surface area contributed by atoms with Crippen LogP contribution in [-0.4, -0.2) is 26.5 Å². The molecule has 3 rings (SSSR count). The molecule has 0 aliphatic carbocycles. The Hall–Kier alpha value is -3.75. The third-order valence-corrected chi connectivity index (χ3v) is 3.68. The summed E-state index contributed by atoms with van der Waals surface area (Å²) >= 11 is 0. The summed E-state index contributed by atoms with van der Waals surface area (Å²) < 4.78 is 5.39. The van der Waals surface area contributed by atoms with Gasteiger partial charge in [-0.25, -0.2) is 15.0 Å². The number of rotatable bonds is 7. The molecule has 0 saturated carbocycles. The summed E-state index contributed by atoms with van der Waals surface area (Å²) in [6.07, 6.45) is 2.85. The summed E-state index contributed by atoms with van der Waals surface area (Å²) in [4.78, 5) is 23.3. The lowest BCUT2D eigenvalue weighted by atomic mass is 10.3. The number of anilines is 4. The molecular weight excluding hydrogens is 348 g/mol. The van der Waals surface area contributed by atoms with Crippen LogP contribution in [0.2, 0.25) is 0 Å².